The minimum Gasteiger partial charge on any atom is -0.338 e. The Morgan fingerprint density at radius 1 is 1.31 bits per heavy atom. The van der Waals surface area contributed by atoms with E-state index in [0.717, 1.165) is 25.9 Å². The Morgan fingerprint density at radius 2 is 1.88 bits per heavy atom. The summed E-state index contributed by atoms with van der Waals surface area (Å²) < 4.78 is 0. The third-order valence-corrected chi connectivity index (χ3v) is 2.70. The molecule has 16 heavy (non-hydrogen) atoms. The van der Waals surface area contributed by atoms with Gasteiger partial charge in [-0.25, -0.2) is 0 Å². The smallest absolute Gasteiger partial charge is 0.239 e. The van der Waals surface area contributed by atoms with Crippen LogP contribution >= 0.6 is 0 Å². The zero-order chi connectivity index (χ0) is 12.7. The highest BCUT2D eigenvalue weighted by atomic mass is 16.2. The van der Waals surface area contributed by atoms with Crippen LogP contribution in [0.5, 0.6) is 0 Å². The molecule has 0 aliphatic rings. The lowest BCUT2D eigenvalue weighted by Crippen LogP contribution is -2.50. The molecule has 0 radical (unpaired) electrons. The first-order valence-electron chi connectivity index (χ1n) is 6.14. The Kier molecular flexibility index (Phi) is 7.34. The molecule has 2 N–H and O–H groups in total. The molecular formula is C12H27N3O. The molecule has 0 aliphatic heterocycles. The van der Waals surface area contributed by atoms with Crippen molar-refractivity contribution >= 4 is 5.91 Å². The second-order valence-electron chi connectivity index (χ2n) is 4.63. The van der Waals surface area contributed by atoms with Gasteiger partial charge in [-0.3, -0.25) is 4.79 Å². The van der Waals surface area contributed by atoms with Gasteiger partial charge >= 0.3 is 0 Å². The number of nitrogens with zero attached hydrogens (tertiary/aromatic N) is 2. The Bertz CT molecular complexity index is 206. The number of likely N-dealkylation sites (N-methyl/N-ethyl adjacent to an activating group) is 2. The second kappa shape index (κ2) is 7.63. The van der Waals surface area contributed by atoms with E-state index >= 15 is 0 Å². The molecule has 0 rings (SSSR count). The van der Waals surface area contributed by atoms with Crippen LogP contribution < -0.4 is 5.73 Å². The lowest BCUT2D eigenvalue weighted by Gasteiger charge is -2.32. The summed E-state index contributed by atoms with van der Waals surface area (Å²) in [5.74, 6) is 0.0821. The predicted molar refractivity (Wildman–Crippen MR) is 68.3 cm³/mol. The summed E-state index contributed by atoms with van der Waals surface area (Å²) in [6, 6.07) is -0.120. The van der Waals surface area contributed by atoms with Crippen molar-refractivity contribution in [3.63, 3.8) is 0 Å². The molecule has 0 aromatic carbocycles. The normalized spacial score (nSPS) is 14.9. The van der Waals surface area contributed by atoms with Crippen LogP contribution in [0.1, 0.15) is 33.6 Å². The average Bonchev–Trinajstić information content (AvgIpc) is 2.17. The van der Waals surface area contributed by atoms with Crippen LogP contribution in [0.25, 0.3) is 0 Å². The molecule has 0 saturated heterocycles. The molecule has 0 spiro atoms. The van der Waals surface area contributed by atoms with E-state index in [4.69, 9.17) is 5.73 Å². The number of hydrogen-bond donors (Lipinski definition) is 1. The molecule has 96 valence electrons. The summed E-state index contributed by atoms with van der Waals surface area (Å²) >= 11 is 0. The van der Waals surface area contributed by atoms with Crippen molar-refractivity contribution in [1.29, 1.82) is 0 Å². The third-order valence-electron chi connectivity index (χ3n) is 2.70. The first kappa shape index (κ1) is 15.4. The van der Waals surface area contributed by atoms with Gasteiger partial charge in [-0.1, -0.05) is 13.3 Å². The van der Waals surface area contributed by atoms with Crippen LogP contribution in [-0.4, -0.2) is 55.0 Å². The number of amides is 1. The highest BCUT2D eigenvalue weighted by Crippen LogP contribution is 2.05. The fourth-order valence-corrected chi connectivity index (χ4v) is 1.96. The minimum atomic E-state index is -0.338. The molecule has 4 nitrogen and oxygen atoms in total. The summed E-state index contributed by atoms with van der Waals surface area (Å²) in [6.45, 7) is 7.72. The summed E-state index contributed by atoms with van der Waals surface area (Å²) in [6.07, 6.45) is 1.72. The maximum absolute atomic E-state index is 12.1. The minimum absolute atomic E-state index is 0.0821. The van der Waals surface area contributed by atoms with Crippen molar-refractivity contribution in [2.45, 2.75) is 45.7 Å². The number of nitrogens with two attached hydrogens (primary N) is 1. The maximum atomic E-state index is 12.1. The molecular weight excluding hydrogens is 202 g/mol. The van der Waals surface area contributed by atoms with Crippen LogP contribution in [0.15, 0.2) is 0 Å². The van der Waals surface area contributed by atoms with Gasteiger partial charge < -0.3 is 15.5 Å². The van der Waals surface area contributed by atoms with E-state index in [1.165, 1.54) is 0 Å². The topological polar surface area (TPSA) is 49.6 Å². The molecule has 0 bridgehead atoms. The molecule has 4 heteroatoms. The SMILES string of the molecule is CCCC(N)C(=O)N(CC)C(C)CN(C)C. The van der Waals surface area contributed by atoms with Gasteiger partial charge in [-0.15, -0.1) is 0 Å². The van der Waals surface area contributed by atoms with Crippen molar-refractivity contribution < 1.29 is 4.79 Å². The fraction of sp³-hybridized carbons (Fsp3) is 0.917. The molecule has 2 unspecified atom stereocenters. The van der Waals surface area contributed by atoms with E-state index in [-0.39, 0.29) is 18.0 Å². The zero-order valence-corrected chi connectivity index (χ0v) is 11.4. The molecule has 1 amide bonds. The maximum Gasteiger partial charge on any atom is 0.239 e. The van der Waals surface area contributed by atoms with Crippen molar-refractivity contribution in [2.75, 3.05) is 27.2 Å². The van der Waals surface area contributed by atoms with E-state index in [9.17, 15) is 4.79 Å². The summed E-state index contributed by atoms with van der Waals surface area (Å²) in [5.41, 5.74) is 5.87. The van der Waals surface area contributed by atoms with Gasteiger partial charge in [-0.05, 0) is 34.4 Å². The Hall–Kier alpha value is -0.610. The molecule has 0 aromatic rings. The van der Waals surface area contributed by atoms with E-state index in [1.807, 2.05) is 32.8 Å². The first-order chi connectivity index (χ1) is 7.43. The lowest BCUT2D eigenvalue weighted by atomic mass is 10.1. The van der Waals surface area contributed by atoms with Gasteiger partial charge in [-0.2, -0.15) is 0 Å². The summed E-state index contributed by atoms with van der Waals surface area (Å²) in [7, 11) is 4.03. The zero-order valence-electron chi connectivity index (χ0n) is 11.4. The number of carbonyl (C=O) groups excluding carboxylic acids is 1. The number of rotatable bonds is 7. The lowest BCUT2D eigenvalue weighted by molar-refractivity contribution is -0.134. The predicted octanol–water partition coefficient (Wildman–Crippen LogP) is 0.912. The van der Waals surface area contributed by atoms with Gasteiger partial charge in [0.1, 0.15) is 0 Å². The first-order valence-corrected chi connectivity index (χ1v) is 6.14. The van der Waals surface area contributed by atoms with Crippen LogP contribution in [0.2, 0.25) is 0 Å². The van der Waals surface area contributed by atoms with Crippen LogP contribution in [0.3, 0.4) is 0 Å². The molecule has 0 heterocycles. The number of carbonyl (C=O) groups is 1. The third kappa shape index (κ3) is 4.94. The van der Waals surface area contributed by atoms with E-state index in [2.05, 4.69) is 11.8 Å². The molecule has 0 aromatic heterocycles. The van der Waals surface area contributed by atoms with Crippen LogP contribution in [0, 0.1) is 0 Å². The molecule has 0 aliphatic carbocycles. The van der Waals surface area contributed by atoms with Crippen molar-refractivity contribution in [1.82, 2.24) is 9.80 Å². The van der Waals surface area contributed by atoms with Gasteiger partial charge in [0.05, 0.1) is 6.04 Å². The highest BCUT2D eigenvalue weighted by Gasteiger charge is 2.23. The highest BCUT2D eigenvalue weighted by molar-refractivity contribution is 5.81. The average molecular weight is 229 g/mol. The van der Waals surface area contributed by atoms with Crippen LogP contribution in [0.4, 0.5) is 0 Å². The van der Waals surface area contributed by atoms with Crippen molar-refractivity contribution in [3.8, 4) is 0 Å². The largest absolute Gasteiger partial charge is 0.338 e. The Labute approximate surface area is 99.8 Å². The van der Waals surface area contributed by atoms with Gasteiger partial charge in [0.15, 0.2) is 0 Å². The number of hydrogen-bond acceptors (Lipinski definition) is 3. The van der Waals surface area contributed by atoms with E-state index in [0.29, 0.717) is 0 Å². The van der Waals surface area contributed by atoms with Gasteiger partial charge in [0.2, 0.25) is 5.91 Å². The molecule has 0 fully saturated rings. The Balaban J connectivity index is 4.41. The standard InChI is InChI=1S/C12H27N3O/c1-6-8-11(13)12(16)15(7-2)10(3)9-14(4)5/h10-11H,6-9,13H2,1-5H3. The fourth-order valence-electron chi connectivity index (χ4n) is 1.96. The summed E-state index contributed by atoms with van der Waals surface area (Å²) in [5, 5.41) is 0. The van der Waals surface area contributed by atoms with Gasteiger partial charge in [0.25, 0.3) is 0 Å². The molecule has 0 saturated carbocycles. The Morgan fingerprint density at radius 3 is 2.25 bits per heavy atom. The van der Waals surface area contributed by atoms with Gasteiger partial charge in [0, 0.05) is 19.1 Å². The monoisotopic (exact) mass is 229 g/mol. The van der Waals surface area contributed by atoms with Crippen molar-refractivity contribution in [3.05, 3.63) is 0 Å². The van der Waals surface area contributed by atoms with Crippen LogP contribution in [-0.2, 0) is 4.79 Å². The second-order valence-corrected chi connectivity index (χ2v) is 4.63. The van der Waals surface area contributed by atoms with E-state index < -0.39 is 0 Å². The molecule has 2 atom stereocenters. The van der Waals surface area contributed by atoms with Crippen molar-refractivity contribution in [2.24, 2.45) is 5.73 Å². The summed E-state index contributed by atoms with van der Waals surface area (Å²) in [4.78, 5) is 16.0. The quantitative estimate of drug-likeness (QED) is 0.706. The van der Waals surface area contributed by atoms with E-state index in [1.54, 1.807) is 0 Å².